The Kier molecular flexibility index (Phi) is 9.76. The Morgan fingerprint density at radius 3 is 2.44 bits per heavy atom. The van der Waals surface area contributed by atoms with E-state index in [9.17, 15) is 4.79 Å². The summed E-state index contributed by atoms with van der Waals surface area (Å²) in [5.74, 6) is 1.45. The van der Waals surface area contributed by atoms with Crippen molar-refractivity contribution in [1.29, 1.82) is 0 Å². The third-order valence-electron chi connectivity index (χ3n) is 4.11. The molecule has 0 aliphatic carbocycles. The first-order valence-corrected chi connectivity index (χ1v) is 8.70. The second-order valence-electron chi connectivity index (χ2n) is 6.06. The van der Waals surface area contributed by atoms with Crippen molar-refractivity contribution in [2.45, 2.75) is 39.4 Å². The third kappa shape index (κ3) is 7.16. The van der Waals surface area contributed by atoms with Crippen LogP contribution in [0.3, 0.4) is 0 Å². The first kappa shape index (κ1) is 22.9. The lowest BCUT2D eigenvalue weighted by atomic mass is 10.1. The van der Waals surface area contributed by atoms with Gasteiger partial charge in [-0.1, -0.05) is 19.1 Å². The fourth-order valence-electron chi connectivity index (χ4n) is 2.23. The monoisotopic (exact) mass is 485 g/mol. The lowest BCUT2D eigenvalue weighted by Crippen LogP contribution is -2.37. The van der Waals surface area contributed by atoms with E-state index in [1.54, 1.807) is 11.7 Å². The molecule has 148 valence electrons. The molecule has 0 saturated heterocycles. The highest BCUT2D eigenvalue weighted by atomic mass is 127. The quantitative estimate of drug-likeness (QED) is 0.316. The fourth-order valence-corrected chi connectivity index (χ4v) is 2.23. The minimum Gasteiger partial charge on any atom is -0.352 e. The zero-order valence-electron chi connectivity index (χ0n) is 16.2. The predicted molar refractivity (Wildman–Crippen MR) is 117 cm³/mol. The summed E-state index contributed by atoms with van der Waals surface area (Å²) in [6.45, 7) is 5.18. The molecule has 0 spiro atoms. The first-order chi connectivity index (χ1) is 12.5. The maximum atomic E-state index is 12.1. The smallest absolute Gasteiger partial charge is 0.251 e. The van der Waals surface area contributed by atoms with E-state index < -0.39 is 0 Å². The standard InChI is InChI=1S/C18H27N7O.HI/c1-5-13(2)24-17(26)15-8-6-14(7-9-15)10-20-18(19-3)21-11-16-22-12-23-25(16)4;/h6-9,12-13H,5,10-11H2,1-4H3,(H,24,26)(H2,19,20,21);1H. The van der Waals surface area contributed by atoms with Gasteiger partial charge in [-0.25, -0.2) is 4.98 Å². The summed E-state index contributed by atoms with van der Waals surface area (Å²) in [5.41, 5.74) is 1.73. The molecule has 8 nitrogen and oxygen atoms in total. The molecule has 0 fully saturated rings. The normalized spacial score (nSPS) is 12.1. The van der Waals surface area contributed by atoms with Crippen LogP contribution in [0.5, 0.6) is 0 Å². The molecular formula is C18H28IN7O. The summed E-state index contributed by atoms with van der Waals surface area (Å²) in [6.07, 6.45) is 2.43. The molecule has 9 heteroatoms. The van der Waals surface area contributed by atoms with Crippen molar-refractivity contribution >= 4 is 35.8 Å². The van der Waals surface area contributed by atoms with E-state index in [1.807, 2.05) is 45.2 Å². The van der Waals surface area contributed by atoms with Gasteiger partial charge in [-0.3, -0.25) is 14.5 Å². The molecule has 1 aromatic heterocycles. The largest absolute Gasteiger partial charge is 0.352 e. The van der Waals surface area contributed by atoms with E-state index in [-0.39, 0.29) is 35.9 Å². The number of hydrogen-bond donors (Lipinski definition) is 3. The maximum absolute atomic E-state index is 12.1. The van der Waals surface area contributed by atoms with Crippen LogP contribution in [0.2, 0.25) is 0 Å². The van der Waals surface area contributed by atoms with Crippen LogP contribution in [-0.2, 0) is 20.1 Å². The molecule has 1 heterocycles. The highest BCUT2D eigenvalue weighted by Gasteiger charge is 2.08. The lowest BCUT2D eigenvalue weighted by molar-refractivity contribution is 0.0939. The Labute approximate surface area is 177 Å². The van der Waals surface area contributed by atoms with Crippen molar-refractivity contribution in [3.05, 3.63) is 47.5 Å². The molecule has 0 saturated carbocycles. The van der Waals surface area contributed by atoms with Crippen molar-refractivity contribution in [3.63, 3.8) is 0 Å². The Balaban J connectivity index is 0.00000364. The molecule has 0 aliphatic heterocycles. The molecule has 0 bridgehead atoms. The van der Waals surface area contributed by atoms with Gasteiger partial charge in [0.1, 0.15) is 12.2 Å². The summed E-state index contributed by atoms with van der Waals surface area (Å²) in [5, 5.41) is 13.4. The summed E-state index contributed by atoms with van der Waals surface area (Å²) < 4.78 is 1.71. The molecule has 3 N–H and O–H groups in total. The van der Waals surface area contributed by atoms with Crippen molar-refractivity contribution in [1.82, 2.24) is 30.7 Å². The van der Waals surface area contributed by atoms with E-state index in [4.69, 9.17) is 0 Å². The molecule has 1 atom stereocenters. The number of nitrogens with one attached hydrogen (secondary N) is 3. The Morgan fingerprint density at radius 1 is 1.22 bits per heavy atom. The van der Waals surface area contributed by atoms with Crippen LogP contribution in [0.4, 0.5) is 0 Å². The molecule has 1 amide bonds. The number of halogens is 1. The second-order valence-corrected chi connectivity index (χ2v) is 6.06. The number of guanidine groups is 1. The molecule has 27 heavy (non-hydrogen) atoms. The number of carbonyl (C=O) groups excluding carboxylic acids is 1. The zero-order valence-corrected chi connectivity index (χ0v) is 18.5. The van der Waals surface area contributed by atoms with E-state index in [2.05, 4.69) is 31.0 Å². The van der Waals surface area contributed by atoms with Crippen LogP contribution in [0.15, 0.2) is 35.6 Å². The summed E-state index contributed by atoms with van der Waals surface area (Å²) >= 11 is 0. The van der Waals surface area contributed by atoms with Gasteiger partial charge in [0.05, 0.1) is 6.54 Å². The van der Waals surface area contributed by atoms with Crippen molar-refractivity contribution in [3.8, 4) is 0 Å². The van der Waals surface area contributed by atoms with Gasteiger partial charge in [0.15, 0.2) is 5.96 Å². The van der Waals surface area contributed by atoms with Gasteiger partial charge in [0.25, 0.3) is 5.91 Å². The van der Waals surface area contributed by atoms with E-state index >= 15 is 0 Å². The summed E-state index contributed by atoms with van der Waals surface area (Å²) in [7, 11) is 3.56. The van der Waals surface area contributed by atoms with Crippen molar-refractivity contribution in [2.24, 2.45) is 12.0 Å². The van der Waals surface area contributed by atoms with Crippen LogP contribution in [0, 0.1) is 0 Å². The molecule has 2 aromatic rings. The molecule has 2 rings (SSSR count). The average molecular weight is 485 g/mol. The minimum absolute atomic E-state index is 0. The summed E-state index contributed by atoms with van der Waals surface area (Å²) in [6, 6.07) is 7.73. The number of benzene rings is 1. The molecule has 1 unspecified atom stereocenters. The topological polar surface area (TPSA) is 96.2 Å². The number of hydrogen-bond acceptors (Lipinski definition) is 4. The summed E-state index contributed by atoms with van der Waals surface area (Å²) in [4.78, 5) is 20.4. The number of aliphatic imine (C=N–C) groups is 1. The molecule has 0 aliphatic rings. The van der Waals surface area contributed by atoms with E-state index in [0.717, 1.165) is 17.8 Å². The number of nitrogens with zero attached hydrogens (tertiary/aromatic N) is 4. The second kappa shape index (κ2) is 11.5. The Bertz CT molecular complexity index is 742. The SMILES string of the molecule is CCC(C)NC(=O)c1ccc(CNC(=NC)NCc2ncnn2C)cc1.I. The van der Waals surface area contributed by atoms with Crippen LogP contribution >= 0.6 is 24.0 Å². The van der Waals surface area contributed by atoms with Gasteiger partial charge in [0.2, 0.25) is 0 Å². The van der Waals surface area contributed by atoms with Crippen molar-refractivity contribution in [2.75, 3.05) is 7.05 Å². The number of amides is 1. The Hall–Kier alpha value is -2.17. The molecule has 1 aromatic carbocycles. The lowest BCUT2D eigenvalue weighted by Gasteiger charge is -2.13. The first-order valence-electron chi connectivity index (χ1n) is 8.70. The van der Waals surface area contributed by atoms with Gasteiger partial charge >= 0.3 is 0 Å². The molecular weight excluding hydrogens is 457 g/mol. The van der Waals surface area contributed by atoms with E-state index in [1.165, 1.54) is 6.33 Å². The van der Waals surface area contributed by atoms with Gasteiger partial charge in [-0.2, -0.15) is 5.10 Å². The number of aryl methyl sites for hydroxylation is 1. The van der Waals surface area contributed by atoms with Crippen LogP contribution < -0.4 is 16.0 Å². The minimum atomic E-state index is -0.0417. The Morgan fingerprint density at radius 2 is 1.89 bits per heavy atom. The van der Waals surface area contributed by atoms with Crippen LogP contribution in [0.1, 0.15) is 42.0 Å². The zero-order chi connectivity index (χ0) is 18.9. The fraction of sp³-hybridized carbons (Fsp3) is 0.444. The number of carbonyl (C=O) groups is 1. The van der Waals surface area contributed by atoms with Crippen LogP contribution in [0.25, 0.3) is 0 Å². The van der Waals surface area contributed by atoms with Gasteiger partial charge in [0, 0.05) is 32.2 Å². The van der Waals surface area contributed by atoms with Gasteiger partial charge < -0.3 is 16.0 Å². The highest BCUT2D eigenvalue weighted by molar-refractivity contribution is 14.0. The van der Waals surface area contributed by atoms with E-state index in [0.29, 0.717) is 24.6 Å². The maximum Gasteiger partial charge on any atom is 0.251 e. The third-order valence-corrected chi connectivity index (χ3v) is 4.11. The van der Waals surface area contributed by atoms with Gasteiger partial charge in [-0.15, -0.1) is 24.0 Å². The van der Waals surface area contributed by atoms with Crippen LogP contribution in [-0.4, -0.2) is 39.7 Å². The highest BCUT2D eigenvalue weighted by Crippen LogP contribution is 2.05. The average Bonchev–Trinajstić information content (AvgIpc) is 3.07. The van der Waals surface area contributed by atoms with Gasteiger partial charge in [-0.05, 0) is 31.0 Å². The van der Waals surface area contributed by atoms with Crippen molar-refractivity contribution < 1.29 is 4.79 Å². The number of rotatable bonds is 7. The molecule has 0 radical (unpaired) electrons. The number of aromatic nitrogens is 3. The predicted octanol–water partition coefficient (Wildman–Crippen LogP) is 1.83.